The minimum absolute atomic E-state index is 0.00888. The van der Waals surface area contributed by atoms with Crippen LogP contribution in [0.15, 0.2) is 66.7 Å². The molecule has 3 aromatic carbocycles. The summed E-state index contributed by atoms with van der Waals surface area (Å²) in [6, 6.07) is 19.6. The molecule has 0 atom stereocenters. The van der Waals surface area contributed by atoms with Crippen molar-refractivity contribution in [2.75, 3.05) is 17.2 Å². The maximum atomic E-state index is 12.2. The van der Waals surface area contributed by atoms with Gasteiger partial charge in [0, 0.05) is 29.6 Å². The van der Waals surface area contributed by atoms with Crippen LogP contribution in [0.5, 0.6) is 0 Å². The van der Waals surface area contributed by atoms with E-state index < -0.39 is 24.5 Å². The number of esters is 2. The van der Waals surface area contributed by atoms with Gasteiger partial charge < -0.3 is 20.1 Å². The number of rotatable bonds is 10. The number of amides is 2. The normalized spacial score (nSPS) is 10.6. The monoisotopic (exact) mass is 476 g/mol. The van der Waals surface area contributed by atoms with E-state index in [1.807, 2.05) is 36.4 Å². The highest BCUT2D eigenvalue weighted by molar-refractivity contribution is 6.02. The Kier molecular flexibility index (Phi) is 8.95. The van der Waals surface area contributed by atoms with Crippen LogP contribution in [0.4, 0.5) is 11.4 Å². The third-order valence-corrected chi connectivity index (χ3v) is 4.96. The third kappa shape index (κ3) is 7.96. The number of hydrogen-bond acceptors (Lipinski definition) is 6. The molecule has 8 nitrogen and oxygen atoms in total. The van der Waals surface area contributed by atoms with Gasteiger partial charge in [-0.15, -0.1) is 0 Å². The molecule has 3 rings (SSSR count). The van der Waals surface area contributed by atoms with Crippen molar-refractivity contribution < 1.29 is 28.7 Å². The number of carbonyl (C=O) groups excluding carboxylic acids is 4. The fourth-order valence-corrected chi connectivity index (χ4v) is 3.33. The zero-order valence-electron chi connectivity index (χ0n) is 19.7. The number of benzene rings is 3. The van der Waals surface area contributed by atoms with Crippen molar-refractivity contribution in [1.82, 2.24) is 0 Å². The van der Waals surface area contributed by atoms with Gasteiger partial charge in [-0.05, 0) is 56.0 Å². The minimum Gasteiger partial charge on any atom is -0.459 e. The van der Waals surface area contributed by atoms with Crippen LogP contribution in [0.3, 0.4) is 0 Å². The lowest BCUT2D eigenvalue weighted by molar-refractivity contribution is -0.147. The van der Waals surface area contributed by atoms with Crippen LogP contribution in [0.25, 0.3) is 10.8 Å². The smallest absolute Gasteiger partial charge is 0.338 e. The molecule has 35 heavy (non-hydrogen) atoms. The van der Waals surface area contributed by atoms with E-state index in [-0.39, 0.29) is 31.3 Å². The molecule has 0 aliphatic carbocycles. The summed E-state index contributed by atoms with van der Waals surface area (Å²) in [5.41, 5.74) is 1.57. The van der Waals surface area contributed by atoms with Gasteiger partial charge in [0.1, 0.15) is 0 Å². The molecule has 0 radical (unpaired) electrons. The number of fused-ring (bicyclic) bond motifs is 1. The van der Waals surface area contributed by atoms with Gasteiger partial charge in [-0.1, -0.05) is 36.4 Å². The topological polar surface area (TPSA) is 111 Å². The van der Waals surface area contributed by atoms with Crippen molar-refractivity contribution in [3.63, 3.8) is 0 Å². The molecule has 0 saturated heterocycles. The van der Waals surface area contributed by atoms with Gasteiger partial charge in [-0.2, -0.15) is 0 Å². The van der Waals surface area contributed by atoms with Gasteiger partial charge in [0.05, 0.1) is 11.7 Å². The van der Waals surface area contributed by atoms with Gasteiger partial charge in [0.25, 0.3) is 5.91 Å². The second-order valence-electron chi connectivity index (χ2n) is 8.17. The number of nitrogens with one attached hydrogen (secondary N) is 2. The molecule has 0 fully saturated rings. The Hall–Kier alpha value is -4.20. The standard InChI is InChI=1S/C27H28N2O6/c1-18(2)35-27(33)20-13-15-21(16-14-20)28-24(30)11-6-12-26(32)34-17-25(31)29-23-10-5-8-19-7-3-4-9-22(19)23/h3-5,7-10,13-16,18H,6,11-12,17H2,1-2H3,(H,28,30)(H,29,31). The van der Waals surface area contributed by atoms with Crippen LogP contribution in [-0.4, -0.2) is 36.5 Å². The van der Waals surface area contributed by atoms with E-state index in [0.717, 1.165) is 10.8 Å². The first-order valence-electron chi connectivity index (χ1n) is 11.4. The fourth-order valence-electron chi connectivity index (χ4n) is 3.33. The van der Waals surface area contributed by atoms with Gasteiger partial charge >= 0.3 is 11.9 Å². The predicted octanol–water partition coefficient (Wildman–Crippen LogP) is 4.70. The van der Waals surface area contributed by atoms with E-state index in [1.54, 1.807) is 44.2 Å². The lowest BCUT2D eigenvalue weighted by Gasteiger charge is -2.10. The highest BCUT2D eigenvalue weighted by Crippen LogP contribution is 2.22. The summed E-state index contributed by atoms with van der Waals surface area (Å²) in [4.78, 5) is 48.1. The van der Waals surface area contributed by atoms with E-state index in [1.165, 1.54) is 0 Å². The van der Waals surface area contributed by atoms with E-state index in [4.69, 9.17) is 9.47 Å². The van der Waals surface area contributed by atoms with E-state index in [9.17, 15) is 19.2 Å². The van der Waals surface area contributed by atoms with Crippen LogP contribution in [0, 0.1) is 0 Å². The highest BCUT2D eigenvalue weighted by Gasteiger charge is 2.12. The Labute approximate surface area is 203 Å². The minimum atomic E-state index is -0.557. The molecule has 8 heteroatoms. The molecule has 0 aromatic heterocycles. The summed E-state index contributed by atoms with van der Waals surface area (Å²) in [7, 11) is 0. The Balaban J connectivity index is 1.36. The Morgan fingerprint density at radius 3 is 2.26 bits per heavy atom. The molecule has 0 saturated carbocycles. The largest absolute Gasteiger partial charge is 0.459 e. The summed E-state index contributed by atoms with van der Waals surface area (Å²) < 4.78 is 10.1. The fraction of sp³-hybridized carbons (Fsp3) is 0.259. The number of carbonyl (C=O) groups is 4. The molecule has 2 amide bonds. The van der Waals surface area contributed by atoms with E-state index in [2.05, 4.69) is 10.6 Å². The first-order chi connectivity index (χ1) is 16.8. The quantitative estimate of drug-likeness (QED) is 0.411. The maximum absolute atomic E-state index is 12.2. The van der Waals surface area contributed by atoms with E-state index in [0.29, 0.717) is 16.9 Å². The van der Waals surface area contributed by atoms with Gasteiger partial charge in [-0.3, -0.25) is 14.4 Å². The highest BCUT2D eigenvalue weighted by atomic mass is 16.5. The predicted molar refractivity (Wildman–Crippen MR) is 133 cm³/mol. The molecule has 0 bridgehead atoms. The molecule has 0 heterocycles. The van der Waals surface area contributed by atoms with Crippen molar-refractivity contribution in [1.29, 1.82) is 0 Å². The molecule has 0 spiro atoms. The molecule has 3 aromatic rings. The van der Waals surface area contributed by atoms with Crippen LogP contribution in [-0.2, 0) is 23.9 Å². The number of anilines is 2. The molecule has 0 aliphatic heterocycles. The molecular formula is C27H28N2O6. The lowest BCUT2D eigenvalue weighted by atomic mass is 10.1. The number of hydrogen-bond donors (Lipinski definition) is 2. The van der Waals surface area contributed by atoms with Crippen molar-refractivity contribution >= 4 is 45.9 Å². The Morgan fingerprint density at radius 2 is 1.51 bits per heavy atom. The second-order valence-corrected chi connectivity index (χ2v) is 8.17. The van der Waals surface area contributed by atoms with E-state index >= 15 is 0 Å². The maximum Gasteiger partial charge on any atom is 0.338 e. The Morgan fingerprint density at radius 1 is 0.800 bits per heavy atom. The van der Waals surface area contributed by atoms with Crippen molar-refractivity contribution in [2.45, 2.75) is 39.2 Å². The second kappa shape index (κ2) is 12.3. The first-order valence-corrected chi connectivity index (χ1v) is 11.4. The summed E-state index contributed by atoms with van der Waals surface area (Å²) >= 11 is 0. The zero-order valence-corrected chi connectivity index (χ0v) is 19.7. The average Bonchev–Trinajstić information content (AvgIpc) is 2.83. The SMILES string of the molecule is CC(C)OC(=O)c1ccc(NC(=O)CCCC(=O)OCC(=O)Nc2cccc3ccccc23)cc1. The molecular weight excluding hydrogens is 448 g/mol. The Bertz CT molecular complexity index is 1200. The van der Waals surface area contributed by atoms with Crippen LogP contribution in [0.2, 0.25) is 0 Å². The van der Waals surface area contributed by atoms with Gasteiger partial charge in [-0.25, -0.2) is 4.79 Å². The van der Waals surface area contributed by atoms with Gasteiger partial charge in [0.2, 0.25) is 5.91 Å². The summed E-state index contributed by atoms with van der Waals surface area (Å²) in [5, 5.41) is 7.35. The first kappa shape index (κ1) is 25.4. The average molecular weight is 477 g/mol. The van der Waals surface area contributed by atoms with Crippen LogP contribution in [0.1, 0.15) is 43.5 Å². The van der Waals surface area contributed by atoms with Crippen LogP contribution >= 0.6 is 0 Å². The molecule has 2 N–H and O–H groups in total. The van der Waals surface area contributed by atoms with Crippen LogP contribution < -0.4 is 10.6 Å². The van der Waals surface area contributed by atoms with Gasteiger partial charge in [0.15, 0.2) is 6.61 Å². The van der Waals surface area contributed by atoms with Crippen molar-refractivity contribution in [3.8, 4) is 0 Å². The molecule has 182 valence electrons. The third-order valence-electron chi connectivity index (χ3n) is 4.96. The number of ether oxygens (including phenoxy) is 2. The summed E-state index contributed by atoms with van der Waals surface area (Å²) in [5.74, 6) is -1.70. The summed E-state index contributed by atoms with van der Waals surface area (Å²) in [6.07, 6.45) is 0.171. The van der Waals surface area contributed by atoms with Crippen molar-refractivity contribution in [2.24, 2.45) is 0 Å². The zero-order chi connectivity index (χ0) is 25.2. The molecule has 0 aliphatic rings. The lowest BCUT2D eigenvalue weighted by Crippen LogP contribution is -2.21. The molecule has 0 unspecified atom stereocenters. The van der Waals surface area contributed by atoms with Crippen molar-refractivity contribution in [3.05, 3.63) is 72.3 Å². The summed E-state index contributed by atoms with van der Waals surface area (Å²) in [6.45, 7) is 3.13.